The standard InChI is InChI=1S/C12H17NO3/c1-9-3-4-10(16-9)11(14)13-7-5-12(2,15)6-8-13/h3-4,15H,5-8H2,1-2H3. The van der Waals surface area contributed by atoms with E-state index in [1.165, 1.54) is 0 Å². The Morgan fingerprint density at radius 2 is 2.06 bits per heavy atom. The summed E-state index contributed by atoms with van der Waals surface area (Å²) in [5.74, 6) is 1.05. The molecule has 0 atom stereocenters. The van der Waals surface area contributed by atoms with Crippen molar-refractivity contribution in [1.82, 2.24) is 4.90 Å². The molecular formula is C12H17NO3. The summed E-state index contributed by atoms with van der Waals surface area (Å²) in [6.45, 7) is 4.81. The van der Waals surface area contributed by atoms with Gasteiger partial charge in [0.1, 0.15) is 5.76 Å². The zero-order chi connectivity index (χ0) is 11.8. The summed E-state index contributed by atoms with van der Waals surface area (Å²) in [6, 6.07) is 3.48. The van der Waals surface area contributed by atoms with Gasteiger partial charge < -0.3 is 14.4 Å². The second-order valence-electron chi connectivity index (χ2n) is 4.70. The normalized spacial score (nSPS) is 19.8. The Balaban J connectivity index is 2.02. The van der Waals surface area contributed by atoms with Crippen LogP contribution in [0, 0.1) is 6.92 Å². The summed E-state index contributed by atoms with van der Waals surface area (Å²) >= 11 is 0. The van der Waals surface area contributed by atoms with Gasteiger partial charge in [-0.15, -0.1) is 0 Å². The van der Waals surface area contributed by atoms with Gasteiger partial charge in [0, 0.05) is 13.1 Å². The number of hydrogen-bond donors (Lipinski definition) is 1. The first kappa shape index (κ1) is 11.2. The lowest BCUT2D eigenvalue weighted by atomic mass is 9.94. The van der Waals surface area contributed by atoms with Crippen molar-refractivity contribution in [3.8, 4) is 0 Å². The Morgan fingerprint density at radius 3 is 2.56 bits per heavy atom. The second kappa shape index (κ2) is 3.94. The molecule has 2 heterocycles. The molecule has 4 heteroatoms. The molecule has 0 aromatic carbocycles. The highest BCUT2D eigenvalue weighted by Gasteiger charge is 2.30. The molecule has 1 amide bonds. The molecule has 0 radical (unpaired) electrons. The van der Waals surface area contributed by atoms with Crippen molar-refractivity contribution in [3.63, 3.8) is 0 Å². The molecule has 1 fully saturated rings. The zero-order valence-corrected chi connectivity index (χ0v) is 9.69. The van der Waals surface area contributed by atoms with Crippen molar-refractivity contribution in [1.29, 1.82) is 0 Å². The minimum atomic E-state index is -0.629. The molecule has 88 valence electrons. The van der Waals surface area contributed by atoms with E-state index in [0.29, 0.717) is 31.7 Å². The lowest BCUT2D eigenvalue weighted by Crippen LogP contribution is -2.45. The predicted molar refractivity (Wildman–Crippen MR) is 59.2 cm³/mol. The predicted octanol–water partition coefficient (Wildman–Crippen LogP) is 1.58. The summed E-state index contributed by atoms with van der Waals surface area (Å²) in [5, 5.41) is 9.79. The van der Waals surface area contributed by atoms with Gasteiger partial charge in [-0.1, -0.05) is 0 Å². The van der Waals surface area contributed by atoms with Gasteiger partial charge in [0.25, 0.3) is 5.91 Å². The highest BCUT2D eigenvalue weighted by atomic mass is 16.3. The number of aliphatic hydroxyl groups is 1. The lowest BCUT2D eigenvalue weighted by molar-refractivity contribution is -0.00291. The molecular weight excluding hydrogens is 206 g/mol. The first-order valence-electron chi connectivity index (χ1n) is 5.56. The Labute approximate surface area is 94.9 Å². The minimum Gasteiger partial charge on any atom is -0.456 e. The maximum Gasteiger partial charge on any atom is 0.289 e. The fourth-order valence-corrected chi connectivity index (χ4v) is 1.90. The van der Waals surface area contributed by atoms with Gasteiger partial charge in [-0.05, 0) is 38.8 Å². The highest BCUT2D eigenvalue weighted by molar-refractivity contribution is 5.91. The number of hydrogen-bond acceptors (Lipinski definition) is 3. The number of carbonyl (C=O) groups is 1. The van der Waals surface area contributed by atoms with Crippen LogP contribution in [0.2, 0.25) is 0 Å². The quantitative estimate of drug-likeness (QED) is 0.786. The molecule has 2 rings (SSSR count). The highest BCUT2D eigenvalue weighted by Crippen LogP contribution is 2.22. The molecule has 1 aliphatic heterocycles. The van der Waals surface area contributed by atoms with Crippen LogP contribution in [0.3, 0.4) is 0 Å². The van der Waals surface area contributed by atoms with Crippen molar-refractivity contribution >= 4 is 5.91 Å². The SMILES string of the molecule is Cc1ccc(C(=O)N2CCC(C)(O)CC2)o1. The fourth-order valence-electron chi connectivity index (χ4n) is 1.90. The van der Waals surface area contributed by atoms with Gasteiger partial charge >= 0.3 is 0 Å². The van der Waals surface area contributed by atoms with Crippen molar-refractivity contribution in [2.24, 2.45) is 0 Å². The van der Waals surface area contributed by atoms with Crippen LogP contribution in [0.5, 0.6) is 0 Å². The van der Waals surface area contributed by atoms with Crippen LogP contribution in [0.1, 0.15) is 36.1 Å². The number of piperidine rings is 1. The third-order valence-electron chi connectivity index (χ3n) is 3.08. The van der Waals surface area contributed by atoms with E-state index in [9.17, 15) is 9.90 Å². The van der Waals surface area contributed by atoms with E-state index < -0.39 is 5.60 Å². The molecule has 0 unspecified atom stereocenters. The van der Waals surface area contributed by atoms with E-state index in [1.54, 1.807) is 17.0 Å². The maximum atomic E-state index is 12.0. The van der Waals surface area contributed by atoms with Crippen LogP contribution < -0.4 is 0 Å². The van der Waals surface area contributed by atoms with Crippen LogP contribution in [-0.4, -0.2) is 34.6 Å². The van der Waals surface area contributed by atoms with E-state index in [-0.39, 0.29) is 5.91 Å². The Hall–Kier alpha value is -1.29. The molecule has 0 bridgehead atoms. The summed E-state index contributed by atoms with van der Waals surface area (Å²) in [5.41, 5.74) is -0.629. The molecule has 0 aliphatic carbocycles. The van der Waals surface area contributed by atoms with Crippen molar-refractivity contribution in [2.75, 3.05) is 13.1 Å². The Bertz CT molecular complexity index is 385. The molecule has 0 spiro atoms. The van der Waals surface area contributed by atoms with Gasteiger partial charge in [0.15, 0.2) is 5.76 Å². The monoisotopic (exact) mass is 223 g/mol. The van der Waals surface area contributed by atoms with Gasteiger partial charge in [0.2, 0.25) is 0 Å². The van der Waals surface area contributed by atoms with E-state index in [0.717, 1.165) is 5.76 Å². The van der Waals surface area contributed by atoms with Crippen LogP contribution in [0.15, 0.2) is 16.5 Å². The number of aryl methyl sites for hydroxylation is 1. The summed E-state index contributed by atoms with van der Waals surface area (Å²) < 4.78 is 5.30. The van der Waals surface area contributed by atoms with Crippen LogP contribution >= 0.6 is 0 Å². The number of nitrogens with zero attached hydrogens (tertiary/aromatic N) is 1. The number of likely N-dealkylation sites (tertiary alicyclic amines) is 1. The van der Waals surface area contributed by atoms with Crippen molar-refractivity contribution in [3.05, 3.63) is 23.7 Å². The fraction of sp³-hybridized carbons (Fsp3) is 0.583. The van der Waals surface area contributed by atoms with Crippen LogP contribution in [0.4, 0.5) is 0 Å². The van der Waals surface area contributed by atoms with Crippen molar-refractivity contribution < 1.29 is 14.3 Å². The second-order valence-corrected chi connectivity index (χ2v) is 4.70. The molecule has 16 heavy (non-hydrogen) atoms. The van der Waals surface area contributed by atoms with Gasteiger partial charge in [-0.3, -0.25) is 4.79 Å². The number of carbonyl (C=O) groups excluding carboxylic acids is 1. The summed E-state index contributed by atoms with van der Waals surface area (Å²) in [4.78, 5) is 13.7. The zero-order valence-electron chi connectivity index (χ0n) is 9.69. The third kappa shape index (κ3) is 2.27. The minimum absolute atomic E-state index is 0.0800. The molecule has 1 N–H and O–H groups in total. The number of amides is 1. The molecule has 1 aliphatic rings. The molecule has 4 nitrogen and oxygen atoms in total. The molecule has 1 saturated heterocycles. The van der Waals surface area contributed by atoms with Crippen LogP contribution in [-0.2, 0) is 0 Å². The Kier molecular flexibility index (Phi) is 2.76. The maximum absolute atomic E-state index is 12.0. The van der Waals surface area contributed by atoms with Crippen LogP contribution in [0.25, 0.3) is 0 Å². The topological polar surface area (TPSA) is 53.7 Å². The smallest absolute Gasteiger partial charge is 0.289 e. The average molecular weight is 223 g/mol. The summed E-state index contributed by atoms with van der Waals surface area (Å²) in [7, 11) is 0. The first-order valence-corrected chi connectivity index (χ1v) is 5.56. The average Bonchev–Trinajstić information content (AvgIpc) is 2.64. The largest absolute Gasteiger partial charge is 0.456 e. The number of rotatable bonds is 1. The lowest BCUT2D eigenvalue weighted by Gasteiger charge is -2.35. The van der Waals surface area contributed by atoms with E-state index in [2.05, 4.69) is 0 Å². The van der Waals surface area contributed by atoms with Gasteiger partial charge in [-0.25, -0.2) is 0 Å². The van der Waals surface area contributed by atoms with E-state index in [4.69, 9.17) is 4.42 Å². The molecule has 1 aromatic rings. The third-order valence-corrected chi connectivity index (χ3v) is 3.08. The van der Waals surface area contributed by atoms with Gasteiger partial charge in [-0.2, -0.15) is 0 Å². The van der Waals surface area contributed by atoms with Crippen molar-refractivity contribution in [2.45, 2.75) is 32.3 Å². The Morgan fingerprint density at radius 1 is 1.44 bits per heavy atom. The molecule has 1 aromatic heterocycles. The molecule has 0 saturated carbocycles. The summed E-state index contributed by atoms with van der Waals surface area (Å²) in [6.07, 6.45) is 1.25. The van der Waals surface area contributed by atoms with E-state index in [1.807, 2.05) is 13.8 Å². The number of furan rings is 1. The first-order chi connectivity index (χ1) is 7.48. The van der Waals surface area contributed by atoms with E-state index >= 15 is 0 Å². The van der Waals surface area contributed by atoms with Gasteiger partial charge in [0.05, 0.1) is 5.60 Å².